The minimum absolute atomic E-state index is 0.0142. The highest BCUT2D eigenvalue weighted by molar-refractivity contribution is 7.99. The van der Waals surface area contributed by atoms with Crippen LogP contribution in [0.4, 0.5) is 0 Å². The Morgan fingerprint density at radius 2 is 2.44 bits per heavy atom. The first-order valence-electron chi connectivity index (χ1n) is 5.50. The number of nitrogens with one attached hydrogen (secondary N) is 1. The van der Waals surface area contributed by atoms with Crippen molar-refractivity contribution < 1.29 is 9.63 Å². The van der Waals surface area contributed by atoms with Crippen molar-refractivity contribution in [2.75, 3.05) is 6.54 Å². The molecular weight excluding hydrogens is 226 g/mol. The van der Waals surface area contributed by atoms with E-state index in [0.29, 0.717) is 24.1 Å². The lowest BCUT2D eigenvalue weighted by atomic mass is 10.2. The molecule has 2 rings (SSSR count). The fraction of sp³-hybridized carbons (Fsp3) is 0.800. The van der Waals surface area contributed by atoms with E-state index in [1.54, 1.807) is 11.8 Å². The van der Waals surface area contributed by atoms with Crippen LogP contribution in [0.25, 0.3) is 0 Å². The summed E-state index contributed by atoms with van der Waals surface area (Å²) in [6.45, 7) is 4.88. The third kappa shape index (κ3) is 2.96. The van der Waals surface area contributed by atoms with E-state index in [0.717, 1.165) is 11.6 Å². The SMILES string of the molecule is CC(C)SCc1noc(C2CC(O)CN2)n1. The summed E-state index contributed by atoms with van der Waals surface area (Å²) >= 11 is 1.79. The van der Waals surface area contributed by atoms with E-state index in [4.69, 9.17) is 4.52 Å². The topological polar surface area (TPSA) is 71.2 Å². The Morgan fingerprint density at radius 1 is 1.62 bits per heavy atom. The Hall–Kier alpha value is -0.590. The molecule has 16 heavy (non-hydrogen) atoms. The second-order valence-corrected chi connectivity index (χ2v) is 5.82. The average molecular weight is 243 g/mol. The number of aliphatic hydroxyl groups excluding tert-OH is 1. The quantitative estimate of drug-likeness (QED) is 0.825. The second-order valence-electron chi connectivity index (χ2n) is 4.26. The van der Waals surface area contributed by atoms with Crippen LogP contribution in [0, 0.1) is 0 Å². The van der Waals surface area contributed by atoms with Crippen molar-refractivity contribution in [3.63, 3.8) is 0 Å². The van der Waals surface area contributed by atoms with Crippen LogP contribution >= 0.6 is 11.8 Å². The van der Waals surface area contributed by atoms with Crippen molar-refractivity contribution in [3.8, 4) is 0 Å². The van der Waals surface area contributed by atoms with Crippen molar-refractivity contribution in [1.82, 2.24) is 15.5 Å². The van der Waals surface area contributed by atoms with Crippen molar-refractivity contribution in [1.29, 1.82) is 0 Å². The van der Waals surface area contributed by atoms with Crippen LogP contribution in [0.3, 0.4) is 0 Å². The number of aliphatic hydroxyl groups is 1. The molecule has 6 heteroatoms. The van der Waals surface area contributed by atoms with Crippen molar-refractivity contribution >= 4 is 11.8 Å². The van der Waals surface area contributed by atoms with Gasteiger partial charge in [-0.25, -0.2) is 0 Å². The van der Waals surface area contributed by atoms with Gasteiger partial charge in [-0.1, -0.05) is 19.0 Å². The molecule has 90 valence electrons. The molecule has 0 radical (unpaired) electrons. The number of β-amino-alcohol motifs (C(OH)–C–C–N with tert-alkyl or cyclic N) is 1. The minimum atomic E-state index is -0.301. The van der Waals surface area contributed by atoms with E-state index in [2.05, 4.69) is 29.3 Å². The summed E-state index contributed by atoms with van der Waals surface area (Å²) in [7, 11) is 0. The van der Waals surface area contributed by atoms with E-state index in [1.165, 1.54) is 0 Å². The molecule has 2 N–H and O–H groups in total. The van der Waals surface area contributed by atoms with Crippen LogP contribution in [-0.2, 0) is 5.75 Å². The first-order valence-corrected chi connectivity index (χ1v) is 6.55. The fourth-order valence-corrected chi connectivity index (χ4v) is 2.21. The number of aromatic nitrogens is 2. The first kappa shape index (κ1) is 11.9. The molecule has 0 aromatic carbocycles. The molecule has 0 amide bonds. The maximum Gasteiger partial charge on any atom is 0.243 e. The largest absolute Gasteiger partial charge is 0.392 e. The molecule has 2 unspecified atom stereocenters. The smallest absolute Gasteiger partial charge is 0.243 e. The van der Waals surface area contributed by atoms with Gasteiger partial charge in [0.2, 0.25) is 5.89 Å². The van der Waals surface area contributed by atoms with Gasteiger partial charge < -0.3 is 14.9 Å². The number of thioether (sulfide) groups is 1. The van der Waals surface area contributed by atoms with Gasteiger partial charge in [-0.15, -0.1) is 0 Å². The van der Waals surface area contributed by atoms with Crippen LogP contribution in [0.1, 0.15) is 38.0 Å². The van der Waals surface area contributed by atoms with Gasteiger partial charge in [-0.2, -0.15) is 16.7 Å². The van der Waals surface area contributed by atoms with Gasteiger partial charge >= 0.3 is 0 Å². The Morgan fingerprint density at radius 3 is 3.06 bits per heavy atom. The van der Waals surface area contributed by atoms with Crippen LogP contribution in [0.5, 0.6) is 0 Å². The number of rotatable bonds is 4. The maximum atomic E-state index is 9.39. The highest BCUT2D eigenvalue weighted by atomic mass is 32.2. The zero-order valence-corrected chi connectivity index (χ0v) is 10.3. The zero-order chi connectivity index (χ0) is 11.5. The van der Waals surface area contributed by atoms with Gasteiger partial charge in [0.05, 0.1) is 17.9 Å². The molecule has 2 heterocycles. The number of hydrogen-bond donors (Lipinski definition) is 2. The lowest BCUT2D eigenvalue weighted by Crippen LogP contribution is -2.15. The standard InChI is InChI=1S/C10H17N3O2S/c1-6(2)16-5-9-12-10(15-13-9)8-3-7(14)4-11-8/h6-8,11,14H,3-5H2,1-2H3. The van der Waals surface area contributed by atoms with E-state index in [9.17, 15) is 5.11 Å². The van der Waals surface area contributed by atoms with Crippen molar-refractivity contribution in [2.45, 2.75) is 43.4 Å². The fourth-order valence-electron chi connectivity index (χ4n) is 1.61. The molecule has 1 aromatic heterocycles. The number of hydrogen-bond acceptors (Lipinski definition) is 6. The summed E-state index contributed by atoms with van der Waals surface area (Å²) in [5.41, 5.74) is 0. The normalized spacial score (nSPS) is 25.5. The highest BCUT2D eigenvalue weighted by Gasteiger charge is 2.27. The molecule has 1 saturated heterocycles. The zero-order valence-electron chi connectivity index (χ0n) is 9.51. The van der Waals surface area contributed by atoms with Crippen LogP contribution in [0.15, 0.2) is 4.52 Å². The lowest BCUT2D eigenvalue weighted by Gasteiger charge is -2.02. The maximum absolute atomic E-state index is 9.39. The van der Waals surface area contributed by atoms with E-state index in [-0.39, 0.29) is 12.1 Å². The molecule has 1 aliphatic rings. The molecule has 0 saturated carbocycles. The van der Waals surface area contributed by atoms with E-state index >= 15 is 0 Å². The third-order valence-corrected chi connectivity index (χ3v) is 3.53. The minimum Gasteiger partial charge on any atom is -0.392 e. The third-order valence-electron chi connectivity index (χ3n) is 2.44. The van der Waals surface area contributed by atoms with Gasteiger partial charge in [0.25, 0.3) is 0 Å². The predicted molar refractivity (Wildman–Crippen MR) is 62.1 cm³/mol. The molecule has 0 aliphatic carbocycles. The summed E-state index contributed by atoms with van der Waals surface area (Å²) in [5, 5.41) is 17.0. The lowest BCUT2D eigenvalue weighted by molar-refractivity contribution is 0.191. The summed E-state index contributed by atoms with van der Waals surface area (Å²) in [6.07, 6.45) is 0.351. The Labute approximate surface area is 99.0 Å². The summed E-state index contributed by atoms with van der Waals surface area (Å²) in [5.74, 6) is 2.10. The van der Waals surface area contributed by atoms with Gasteiger partial charge in [0, 0.05) is 6.54 Å². The van der Waals surface area contributed by atoms with Crippen LogP contribution in [0.2, 0.25) is 0 Å². The predicted octanol–water partition coefficient (Wildman–Crippen LogP) is 1.11. The Kier molecular flexibility index (Phi) is 3.83. The van der Waals surface area contributed by atoms with Crippen LogP contribution < -0.4 is 5.32 Å². The molecule has 1 fully saturated rings. The Bertz CT molecular complexity index is 343. The van der Waals surface area contributed by atoms with E-state index in [1.807, 2.05) is 0 Å². The average Bonchev–Trinajstić information content (AvgIpc) is 2.83. The van der Waals surface area contributed by atoms with E-state index < -0.39 is 0 Å². The molecular formula is C10H17N3O2S. The molecule has 2 atom stereocenters. The molecule has 1 aromatic rings. The monoisotopic (exact) mass is 243 g/mol. The first-order chi connectivity index (χ1) is 7.65. The molecule has 0 bridgehead atoms. The van der Waals surface area contributed by atoms with Crippen LogP contribution in [-0.4, -0.2) is 33.1 Å². The summed E-state index contributed by atoms with van der Waals surface area (Å²) in [6, 6.07) is 0.0142. The Balaban J connectivity index is 1.91. The van der Waals surface area contributed by atoms with Crippen molar-refractivity contribution in [3.05, 3.63) is 11.7 Å². The van der Waals surface area contributed by atoms with Gasteiger partial charge in [-0.05, 0) is 11.7 Å². The highest BCUT2D eigenvalue weighted by Crippen LogP contribution is 2.23. The second kappa shape index (κ2) is 5.16. The molecule has 1 aliphatic heterocycles. The molecule has 5 nitrogen and oxygen atoms in total. The van der Waals surface area contributed by atoms with Crippen molar-refractivity contribution in [2.24, 2.45) is 0 Å². The summed E-state index contributed by atoms with van der Waals surface area (Å²) < 4.78 is 5.18. The molecule has 0 spiro atoms. The summed E-state index contributed by atoms with van der Waals surface area (Å²) in [4.78, 5) is 4.33. The number of nitrogens with zero attached hydrogens (tertiary/aromatic N) is 2. The van der Waals surface area contributed by atoms with Gasteiger partial charge in [-0.3, -0.25) is 0 Å². The van der Waals surface area contributed by atoms with Gasteiger partial charge in [0.1, 0.15) is 0 Å². The van der Waals surface area contributed by atoms with Gasteiger partial charge in [0.15, 0.2) is 5.82 Å².